The SMILES string of the molecule is C#CCCOc1ccc(CN(C(=O)CCl)C2CC=CC2)cc1. The number of halogens is 1. The molecule has 0 heterocycles. The summed E-state index contributed by atoms with van der Waals surface area (Å²) in [4.78, 5) is 13.9. The molecular formula is C18H20ClNO2. The van der Waals surface area contributed by atoms with Crippen LogP contribution in [-0.4, -0.2) is 29.3 Å². The van der Waals surface area contributed by atoms with Crippen LogP contribution in [-0.2, 0) is 11.3 Å². The number of hydrogen-bond donors (Lipinski definition) is 0. The molecule has 1 aromatic carbocycles. The quantitative estimate of drug-likeness (QED) is 0.334. The maximum absolute atomic E-state index is 12.1. The predicted octanol–water partition coefficient (Wildman–Crippen LogP) is 3.37. The summed E-state index contributed by atoms with van der Waals surface area (Å²) in [5, 5.41) is 0. The van der Waals surface area contributed by atoms with E-state index in [9.17, 15) is 4.79 Å². The van der Waals surface area contributed by atoms with Crippen molar-refractivity contribution >= 4 is 17.5 Å². The molecule has 2 rings (SSSR count). The van der Waals surface area contributed by atoms with Crippen LogP contribution in [0.4, 0.5) is 0 Å². The van der Waals surface area contributed by atoms with E-state index in [-0.39, 0.29) is 17.8 Å². The second-order valence-corrected chi connectivity index (χ2v) is 5.47. The Bertz CT molecular complexity index is 551. The summed E-state index contributed by atoms with van der Waals surface area (Å²) in [5.41, 5.74) is 1.06. The van der Waals surface area contributed by atoms with Crippen molar-refractivity contribution in [3.63, 3.8) is 0 Å². The normalized spacial score (nSPS) is 13.8. The first-order valence-corrected chi connectivity index (χ1v) is 7.93. The van der Waals surface area contributed by atoms with Crippen LogP contribution in [0.5, 0.6) is 5.75 Å². The molecule has 0 fully saturated rings. The van der Waals surface area contributed by atoms with Crippen LogP contribution in [0.25, 0.3) is 0 Å². The zero-order chi connectivity index (χ0) is 15.8. The van der Waals surface area contributed by atoms with E-state index in [4.69, 9.17) is 22.8 Å². The summed E-state index contributed by atoms with van der Waals surface area (Å²) in [6, 6.07) is 7.98. The molecule has 0 N–H and O–H groups in total. The van der Waals surface area contributed by atoms with Gasteiger partial charge in [0.05, 0.1) is 6.61 Å². The van der Waals surface area contributed by atoms with Gasteiger partial charge in [0, 0.05) is 19.0 Å². The van der Waals surface area contributed by atoms with Crippen LogP contribution < -0.4 is 4.74 Å². The van der Waals surface area contributed by atoms with Crippen molar-refractivity contribution in [3.8, 4) is 18.1 Å². The van der Waals surface area contributed by atoms with Crippen molar-refractivity contribution < 1.29 is 9.53 Å². The van der Waals surface area contributed by atoms with Crippen molar-refractivity contribution in [2.75, 3.05) is 12.5 Å². The van der Waals surface area contributed by atoms with E-state index in [2.05, 4.69) is 18.1 Å². The van der Waals surface area contributed by atoms with Crippen molar-refractivity contribution in [1.29, 1.82) is 0 Å². The first-order chi connectivity index (χ1) is 10.7. The van der Waals surface area contributed by atoms with Crippen molar-refractivity contribution in [2.24, 2.45) is 0 Å². The lowest BCUT2D eigenvalue weighted by Gasteiger charge is -2.28. The van der Waals surface area contributed by atoms with Gasteiger partial charge in [0.1, 0.15) is 11.6 Å². The van der Waals surface area contributed by atoms with Crippen LogP contribution in [0.2, 0.25) is 0 Å². The minimum absolute atomic E-state index is 0.0176. The Labute approximate surface area is 136 Å². The van der Waals surface area contributed by atoms with Gasteiger partial charge in [0.2, 0.25) is 5.91 Å². The lowest BCUT2D eigenvalue weighted by molar-refractivity contribution is -0.131. The molecule has 0 aliphatic heterocycles. The molecule has 116 valence electrons. The third kappa shape index (κ3) is 4.54. The highest BCUT2D eigenvalue weighted by Gasteiger charge is 2.23. The Morgan fingerprint density at radius 3 is 2.59 bits per heavy atom. The lowest BCUT2D eigenvalue weighted by Crippen LogP contribution is -2.39. The molecule has 1 aromatic rings. The Kier molecular flexibility index (Phi) is 6.36. The molecule has 22 heavy (non-hydrogen) atoms. The van der Waals surface area contributed by atoms with Crippen LogP contribution in [0.3, 0.4) is 0 Å². The number of hydrogen-bond acceptors (Lipinski definition) is 2. The number of terminal acetylenes is 1. The van der Waals surface area contributed by atoms with E-state index >= 15 is 0 Å². The first-order valence-electron chi connectivity index (χ1n) is 7.40. The fraction of sp³-hybridized carbons (Fsp3) is 0.389. The molecule has 4 heteroatoms. The number of amides is 1. The maximum atomic E-state index is 12.1. The highest BCUT2D eigenvalue weighted by atomic mass is 35.5. The van der Waals surface area contributed by atoms with E-state index in [0.29, 0.717) is 19.6 Å². The summed E-state index contributed by atoms with van der Waals surface area (Å²) in [7, 11) is 0. The smallest absolute Gasteiger partial charge is 0.238 e. The molecule has 1 aliphatic carbocycles. The fourth-order valence-corrected chi connectivity index (χ4v) is 2.62. The number of nitrogens with zero attached hydrogens (tertiary/aromatic N) is 1. The Morgan fingerprint density at radius 1 is 1.32 bits per heavy atom. The first kappa shape index (κ1) is 16.5. The lowest BCUT2D eigenvalue weighted by atomic mass is 10.1. The molecule has 0 spiro atoms. The van der Waals surface area contributed by atoms with Gasteiger partial charge >= 0.3 is 0 Å². The van der Waals surface area contributed by atoms with E-state index in [1.54, 1.807) is 0 Å². The number of carbonyl (C=O) groups excluding carboxylic acids is 1. The third-order valence-corrected chi connectivity index (χ3v) is 3.88. The van der Waals surface area contributed by atoms with Gasteiger partial charge in [-0.1, -0.05) is 24.3 Å². The number of rotatable bonds is 7. The molecular weight excluding hydrogens is 298 g/mol. The van der Waals surface area contributed by atoms with Gasteiger partial charge in [-0.25, -0.2) is 0 Å². The van der Waals surface area contributed by atoms with Crippen LogP contribution in [0.15, 0.2) is 36.4 Å². The molecule has 0 saturated heterocycles. The molecule has 1 aliphatic rings. The summed E-state index contributed by atoms with van der Waals surface area (Å²) < 4.78 is 5.52. The zero-order valence-corrected chi connectivity index (χ0v) is 13.3. The van der Waals surface area contributed by atoms with Crippen LogP contribution in [0, 0.1) is 12.3 Å². The average molecular weight is 318 g/mol. The number of carbonyl (C=O) groups is 1. The topological polar surface area (TPSA) is 29.5 Å². The fourth-order valence-electron chi connectivity index (χ4n) is 2.47. The van der Waals surface area contributed by atoms with Gasteiger partial charge in [-0.15, -0.1) is 23.9 Å². The van der Waals surface area contributed by atoms with Crippen molar-refractivity contribution in [3.05, 3.63) is 42.0 Å². The monoisotopic (exact) mass is 317 g/mol. The minimum Gasteiger partial charge on any atom is -0.493 e. The van der Waals surface area contributed by atoms with Crippen molar-refractivity contribution in [2.45, 2.75) is 31.8 Å². The Balaban J connectivity index is 1.97. The summed E-state index contributed by atoms with van der Waals surface area (Å²) in [6.45, 7) is 1.09. The molecule has 0 atom stereocenters. The Hall–Kier alpha value is -1.92. The second-order valence-electron chi connectivity index (χ2n) is 5.20. The van der Waals surface area contributed by atoms with Gasteiger partial charge < -0.3 is 9.64 Å². The van der Waals surface area contributed by atoms with E-state index in [0.717, 1.165) is 24.2 Å². The van der Waals surface area contributed by atoms with E-state index < -0.39 is 0 Å². The largest absolute Gasteiger partial charge is 0.493 e. The molecule has 3 nitrogen and oxygen atoms in total. The number of benzene rings is 1. The minimum atomic E-state index is -0.0234. The molecule has 1 amide bonds. The van der Waals surface area contributed by atoms with Gasteiger partial charge in [0.15, 0.2) is 0 Å². The number of alkyl halides is 1. The van der Waals surface area contributed by atoms with Crippen LogP contribution in [0.1, 0.15) is 24.8 Å². The van der Waals surface area contributed by atoms with Crippen molar-refractivity contribution in [1.82, 2.24) is 4.90 Å². The molecule has 0 unspecified atom stereocenters. The van der Waals surface area contributed by atoms with Gasteiger partial charge in [-0.3, -0.25) is 4.79 Å². The molecule has 0 aromatic heterocycles. The maximum Gasteiger partial charge on any atom is 0.238 e. The molecule has 0 saturated carbocycles. The average Bonchev–Trinajstić information content (AvgIpc) is 3.07. The zero-order valence-electron chi connectivity index (χ0n) is 12.5. The van der Waals surface area contributed by atoms with Crippen LogP contribution >= 0.6 is 11.6 Å². The summed E-state index contributed by atoms with van der Waals surface area (Å²) in [5.74, 6) is 3.32. The summed E-state index contributed by atoms with van der Waals surface area (Å²) >= 11 is 5.74. The predicted molar refractivity (Wildman–Crippen MR) is 88.8 cm³/mol. The standard InChI is InChI=1S/C18H20ClNO2/c1-2-3-12-22-17-10-8-15(9-11-17)14-20(18(21)13-19)16-6-4-5-7-16/h1,4-5,8-11,16H,3,6-7,12-14H2. The third-order valence-electron chi connectivity index (χ3n) is 3.65. The Morgan fingerprint density at radius 2 is 2.00 bits per heavy atom. The van der Waals surface area contributed by atoms with E-state index in [1.165, 1.54) is 0 Å². The van der Waals surface area contributed by atoms with Gasteiger partial charge in [0.25, 0.3) is 0 Å². The molecule has 0 bridgehead atoms. The van der Waals surface area contributed by atoms with E-state index in [1.807, 2.05) is 29.2 Å². The van der Waals surface area contributed by atoms with Gasteiger partial charge in [-0.05, 0) is 30.5 Å². The molecule has 0 radical (unpaired) electrons. The second kappa shape index (κ2) is 8.51. The summed E-state index contributed by atoms with van der Waals surface area (Å²) in [6.07, 6.45) is 11.8. The van der Waals surface area contributed by atoms with Gasteiger partial charge in [-0.2, -0.15) is 0 Å². The highest BCUT2D eigenvalue weighted by molar-refractivity contribution is 6.27. The number of ether oxygens (including phenoxy) is 1. The highest BCUT2D eigenvalue weighted by Crippen LogP contribution is 2.21.